The van der Waals surface area contributed by atoms with Crippen LogP contribution in [0.25, 0.3) is 11.1 Å². The molecule has 0 saturated carbocycles. The summed E-state index contributed by atoms with van der Waals surface area (Å²) in [5.41, 5.74) is 0.426. The maximum Gasteiger partial charge on any atom is 0.337 e. The third-order valence-electron chi connectivity index (χ3n) is 7.21. The Bertz CT molecular complexity index is 1080. The maximum absolute atomic E-state index is 12.8. The van der Waals surface area contributed by atoms with Gasteiger partial charge < -0.3 is 15.5 Å². The number of carboxylic acids is 1. The van der Waals surface area contributed by atoms with Crippen LogP contribution in [0.2, 0.25) is 0 Å². The largest absolute Gasteiger partial charge is 0.479 e. The van der Waals surface area contributed by atoms with Crippen LogP contribution in [0.5, 0.6) is 0 Å². The molecular formula is C35H46NO5. The van der Waals surface area contributed by atoms with Crippen LogP contribution in [0.3, 0.4) is 0 Å². The summed E-state index contributed by atoms with van der Waals surface area (Å²) in [5, 5.41) is 22.3. The Morgan fingerprint density at radius 3 is 2.05 bits per heavy atom. The van der Waals surface area contributed by atoms with Crippen LogP contribution in [0.4, 0.5) is 0 Å². The number of benzene rings is 2. The molecule has 1 amide bonds. The van der Waals surface area contributed by atoms with Crippen molar-refractivity contribution in [3.05, 3.63) is 85.8 Å². The summed E-state index contributed by atoms with van der Waals surface area (Å²) in [5.74, 6) is -3.48. The van der Waals surface area contributed by atoms with Crippen molar-refractivity contribution in [2.24, 2.45) is 5.92 Å². The Labute approximate surface area is 246 Å². The van der Waals surface area contributed by atoms with E-state index in [-0.39, 0.29) is 0 Å². The first-order chi connectivity index (χ1) is 19.8. The van der Waals surface area contributed by atoms with Gasteiger partial charge in [0, 0.05) is 19.8 Å². The van der Waals surface area contributed by atoms with Crippen molar-refractivity contribution >= 4 is 17.7 Å². The molecule has 2 atom stereocenters. The van der Waals surface area contributed by atoms with Gasteiger partial charge in [-0.1, -0.05) is 112 Å². The van der Waals surface area contributed by atoms with Crippen LogP contribution >= 0.6 is 0 Å². The van der Waals surface area contributed by atoms with Gasteiger partial charge in [-0.2, -0.15) is 0 Å². The lowest BCUT2D eigenvalue weighted by Crippen LogP contribution is -2.49. The van der Waals surface area contributed by atoms with E-state index in [1.54, 1.807) is 6.08 Å². The Morgan fingerprint density at radius 2 is 1.44 bits per heavy atom. The number of Topliss-reactive ketones (excluding diaryl/α,β-unsaturated/α-hetero) is 1. The zero-order valence-corrected chi connectivity index (χ0v) is 24.4. The van der Waals surface area contributed by atoms with Crippen LogP contribution in [0.1, 0.15) is 89.5 Å². The van der Waals surface area contributed by atoms with Crippen LogP contribution in [0, 0.1) is 19.4 Å². The van der Waals surface area contributed by atoms with Crippen molar-refractivity contribution in [2.45, 2.75) is 96.0 Å². The van der Waals surface area contributed by atoms with E-state index in [4.69, 9.17) is 6.92 Å². The first kappa shape index (κ1) is 34.0. The number of carboxylic acid groups (broad SMARTS) is 1. The van der Waals surface area contributed by atoms with Crippen molar-refractivity contribution in [1.29, 1.82) is 0 Å². The van der Waals surface area contributed by atoms with Crippen molar-refractivity contribution in [3.8, 4) is 11.1 Å². The van der Waals surface area contributed by atoms with Gasteiger partial charge >= 0.3 is 5.97 Å². The molecule has 0 saturated heterocycles. The minimum absolute atomic E-state index is 0.340. The fourth-order valence-electron chi connectivity index (χ4n) is 4.61. The number of carbonyl (C=O) groups excluding carboxylic acids is 2. The van der Waals surface area contributed by atoms with E-state index >= 15 is 0 Å². The van der Waals surface area contributed by atoms with E-state index in [0.29, 0.717) is 31.5 Å². The molecule has 0 unspecified atom stereocenters. The van der Waals surface area contributed by atoms with Crippen LogP contribution in [-0.4, -0.2) is 33.5 Å². The highest BCUT2D eigenvalue weighted by molar-refractivity contribution is 5.91. The van der Waals surface area contributed by atoms with Gasteiger partial charge in [-0.3, -0.25) is 9.59 Å². The highest BCUT2D eigenvalue weighted by Gasteiger charge is 2.42. The number of amides is 1. The molecule has 0 bridgehead atoms. The van der Waals surface area contributed by atoms with Gasteiger partial charge in [-0.15, -0.1) is 0 Å². The number of aliphatic carboxylic acids is 1. The molecule has 0 aliphatic carbocycles. The second-order valence-electron chi connectivity index (χ2n) is 10.7. The Balaban J connectivity index is 1.73. The molecular weight excluding hydrogens is 514 g/mol. The minimum atomic E-state index is -2.73. The fraction of sp³-hybridized carbons (Fsp3) is 0.457. The summed E-state index contributed by atoms with van der Waals surface area (Å²) in [6.07, 6.45) is 14.7. The molecule has 0 aliphatic heterocycles. The summed E-state index contributed by atoms with van der Waals surface area (Å²) in [4.78, 5) is 36.3. The van der Waals surface area contributed by atoms with Crippen molar-refractivity contribution in [3.63, 3.8) is 0 Å². The number of carbonyl (C=O) groups is 3. The number of unbranched alkanes of at least 4 members (excludes halogenated alkanes) is 8. The Kier molecular flexibility index (Phi) is 15.7. The highest BCUT2D eigenvalue weighted by atomic mass is 16.4. The van der Waals surface area contributed by atoms with E-state index in [9.17, 15) is 24.6 Å². The number of ketones is 1. The smallest absolute Gasteiger partial charge is 0.337 e. The lowest BCUT2D eigenvalue weighted by atomic mass is 9.87. The number of allylic oxidation sites excluding steroid dienone is 1. The lowest BCUT2D eigenvalue weighted by Gasteiger charge is -2.25. The molecule has 2 aromatic carbocycles. The average molecular weight is 561 g/mol. The Hall–Kier alpha value is -3.25. The van der Waals surface area contributed by atoms with Crippen molar-refractivity contribution in [2.75, 3.05) is 0 Å². The second-order valence-corrected chi connectivity index (χ2v) is 10.7. The Morgan fingerprint density at radius 1 is 0.854 bits per heavy atom. The molecule has 0 heterocycles. The summed E-state index contributed by atoms with van der Waals surface area (Å²) in [6.45, 7) is 9.34. The molecule has 0 aliphatic rings. The predicted molar refractivity (Wildman–Crippen MR) is 164 cm³/mol. The first-order valence-electron chi connectivity index (χ1n) is 14.9. The molecule has 2 aromatic rings. The number of hydrogen-bond donors (Lipinski definition) is 3. The van der Waals surface area contributed by atoms with Crippen LogP contribution in [0.15, 0.2) is 66.7 Å². The van der Waals surface area contributed by atoms with Gasteiger partial charge in [0.05, 0.1) is 12.5 Å². The van der Waals surface area contributed by atoms with Crippen LogP contribution in [-0.2, 0) is 20.8 Å². The summed E-state index contributed by atoms with van der Waals surface area (Å²) < 4.78 is 0. The summed E-state index contributed by atoms with van der Waals surface area (Å²) >= 11 is 0. The number of aliphatic hydroxyl groups is 1. The lowest BCUT2D eigenvalue weighted by molar-refractivity contribution is -0.160. The number of rotatable bonds is 21. The monoisotopic (exact) mass is 560 g/mol. The molecule has 3 N–H and O–H groups in total. The molecule has 0 aromatic heterocycles. The minimum Gasteiger partial charge on any atom is -0.479 e. The van der Waals surface area contributed by atoms with Crippen molar-refractivity contribution in [1.82, 2.24) is 5.32 Å². The van der Waals surface area contributed by atoms with Gasteiger partial charge in [-0.25, -0.2) is 4.79 Å². The third kappa shape index (κ3) is 12.9. The first-order valence-corrected chi connectivity index (χ1v) is 14.9. The predicted octanol–water partition coefficient (Wildman–Crippen LogP) is 7.14. The van der Waals surface area contributed by atoms with Crippen molar-refractivity contribution < 1.29 is 24.6 Å². The third-order valence-corrected chi connectivity index (χ3v) is 7.21. The summed E-state index contributed by atoms with van der Waals surface area (Å²) in [6, 6.07) is 17.9. The molecule has 6 heteroatoms. The number of hydrogen-bond acceptors (Lipinski definition) is 4. The van der Waals surface area contributed by atoms with E-state index < -0.39 is 23.4 Å². The van der Waals surface area contributed by atoms with Gasteiger partial charge in [0.25, 0.3) is 0 Å². The molecule has 0 fully saturated rings. The molecule has 41 heavy (non-hydrogen) atoms. The van der Waals surface area contributed by atoms with Gasteiger partial charge in [-0.05, 0) is 48.8 Å². The highest BCUT2D eigenvalue weighted by Crippen LogP contribution is 2.22. The fourth-order valence-corrected chi connectivity index (χ4v) is 4.61. The van der Waals surface area contributed by atoms with E-state index in [1.807, 2.05) is 54.6 Å². The number of nitrogens with one attached hydrogen (secondary N) is 1. The van der Waals surface area contributed by atoms with E-state index in [1.165, 1.54) is 31.9 Å². The van der Waals surface area contributed by atoms with Crippen LogP contribution < -0.4 is 5.32 Å². The topological polar surface area (TPSA) is 104 Å². The second kappa shape index (κ2) is 19.0. The van der Waals surface area contributed by atoms with Gasteiger partial charge in [0.15, 0.2) is 5.60 Å². The molecule has 0 spiro atoms. The average Bonchev–Trinajstić information content (AvgIpc) is 2.96. The molecule has 221 valence electrons. The van der Waals surface area contributed by atoms with E-state index in [0.717, 1.165) is 55.2 Å². The maximum atomic E-state index is 12.8. The quantitative estimate of drug-likeness (QED) is 0.111. The normalized spacial score (nSPS) is 13.5. The van der Waals surface area contributed by atoms with E-state index in [2.05, 4.69) is 12.2 Å². The zero-order chi connectivity index (χ0) is 29.9. The molecule has 6 nitrogen and oxygen atoms in total. The van der Waals surface area contributed by atoms with Gasteiger partial charge in [0.2, 0.25) is 5.91 Å². The summed E-state index contributed by atoms with van der Waals surface area (Å²) in [7, 11) is 0. The van der Waals surface area contributed by atoms with Gasteiger partial charge in [0.1, 0.15) is 5.78 Å². The standard InChI is InChI=1S/C35H46NO5/c1-3-4-5-8-14-19-31(37)20-15-9-6-7-10-16-21-32(35(2,41)34(39)40)33(38)36-27-26-28-22-24-30(25-23-28)29-17-12-11-13-18-29/h2,11-13,16-18,21-25,27,32,41H,3-10,14-15,19-20,26H2,1H3,(H,36,38)(H,39,40)/b21-16+/t32-,35+/m1/s1. The molecule has 3 radical (unpaired) electrons. The SMILES string of the molecule is [CH][C@@](O)(C(=O)O)[C@H](/C=C/CCCCCCC(=O)CCCCCCC)C(=O)N[CH]Cc1ccc(-c2ccccc2)cc1. The molecule has 2 rings (SSSR count). The zero-order valence-electron chi connectivity index (χ0n) is 24.4.